The lowest BCUT2D eigenvalue weighted by molar-refractivity contribution is 0.0686. The topological polar surface area (TPSA) is 80.9 Å². The molecule has 1 N–H and O–H groups in total. The maximum atomic E-state index is 11.2. The minimum atomic E-state index is -1.02. The molecule has 0 fully saturated rings. The van der Waals surface area contributed by atoms with E-state index in [1.807, 2.05) is 13.8 Å². The molecule has 2 rings (SSSR count). The minimum Gasteiger partial charge on any atom is -0.477 e. The maximum Gasteiger partial charge on any atom is 0.354 e. The lowest BCUT2D eigenvalue weighted by Crippen LogP contribution is -2.07. The Kier molecular flexibility index (Phi) is 2.63. The first kappa shape index (κ1) is 11.3. The molecule has 0 aliphatic rings. The molecule has 0 radical (unpaired) electrons. The number of hydrogen-bond acceptors (Lipinski definition) is 4. The number of rotatable bonds is 2. The summed E-state index contributed by atoms with van der Waals surface area (Å²) in [4.78, 5) is 19.4. The van der Waals surface area contributed by atoms with Crippen LogP contribution in [-0.4, -0.2) is 30.8 Å². The number of aromatic nitrogens is 4. The highest BCUT2D eigenvalue weighted by Gasteiger charge is 2.19. The van der Waals surface area contributed by atoms with E-state index in [1.54, 1.807) is 7.05 Å². The van der Waals surface area contributed by atoms with Crippen molar-refractivity contribution >= 4 is 5.97 Å². The van der Waals surface area contributed by atoms with Crippen LogP contribution in [0.2, 0.25) is 0 Å². The molecule has 2 heterocycles. The summed E-state index contributed by atoms with van der Waals surface area (Å²) in [5.41, 5.74) is 2.95. The standard InChI is InChI=1S/C11H12N4O2/c1-6-7(2)12-5-13-9(6)8-4-14-15(3)10(8)11(16)17/h4-5H,1-3H3,(H,16,17). The van der Waals surface area contributed by atoms with Crippen molar-refractivity contribution in [2.75, 3.05) is 0 Å². The zero-order chi connectivity index (χ0) is 12.6. The van der Waals surface area contributed by atoms with Gasteiger partial charge in [0, 0.05) is 12.7 Å². The van der Waals surface area contributed by atoms with Gasteiger partial charge < -0.3 is 5.11 Å². The summed E-state index contributed by atoms with van der Waals surface area (Å²) in [6.45, 7) is 3.72. The third kappa shape index (κ3) is 1.77. The van der Waals surface area contributed by atoms with E-state index in [0.717, 1.165) is 11.3 Å². The average molecular weight is 232 g/mol. The minimum absolute atomic E-state index is 0.131. The van der Waals surface area contributed by atoms with Crippen molar-refractivity contribution in [2.45, 2.75) is 13.8 Å². The van der Waals surface area contributed by atoms with Gasteiger partial charge in [-0.25, -0.2) is 14.8 Å². The Morgan fingerprint density at radius 1 is 1.35 bits per heavy atom. The zero-order valence-electron chi connectivity index (χ0n) is 9.80. The quantitative estimate of drug-likeness (QED) is 0.841. The summed E-state index contributed by atoms with van der Waals surface area (Å²) < 4.78 is 1.33. The SMILES string of the molecule is Cc1ncnc(-c2cnn(C)c2C(=O)O)c1C. The summed E-state index contributed by atoms with van der Waals surface area (Å²) >= 11 is 0. The van der Waals surface area contributed by atoms with Crippen molar-refractivity contribution in [3.8, 4) is 11.3 Å². The molecular weight excluding hydrogens is 220 g/mol. The van der Waals surface area contributed by atoms with E-state index in [4.69, 9.17) is 5.11 Å². The van der Waals surface area contributed by atoms with Crippen LogP contribution in [0.25, 0.3) is 11.3 Å². The normalized spacial score (nSPS) is 10.5. The Labute approximate surface area is 98.0 Å². The van der Waals surface area contributed by atoms with Gasteiger partial charge in [-0.05, 0) is 19.4 Å². The third-order valence-corrected chi connectivity index (χ3v) is 2.73. The van der Waals surface area contributed by atoms with Gasteiger partial charge in [-0.1, -0.05) is 0 Å². The molecule has 0 spiro atoms. The second-order valence-corrected chi connectivity index (χ2v) is 3.77. The highest BCUT2D eigenvalue weighted by molar-refractivity contribution is 5.93. The third-order valence-electron chi connectivity index (χ3n) is 2.73. The van der Waals surface area contributed by atoms with Gasteiger partial charge in [0.25, 0.3) is 0 Å². The van der Waals surface area contributed by atoms with Gasteiger partial charge in [0.05, 0.1) is 17.5 Å². The van der Waals surface area contributed by atoms with Crippen LogP contribution in [0.4, 0.5) is 0 Å². The van der Waals surface area contributed by atoms with Crippen LogP contribution >= 0.6 is 0 Å². The van der Waals surface area contributed by atoms with Crippen LogP contribution in [0, 0.1) is 13.8 Å². The number of carboxylic acids is 1. The smallest absolute Gasteiger partial charge is 0.354 e. The Hall–Kier alpha value is -2.24. The largest absolute Gasteiger partial charge is 0.477 e. The number of nitrogens with zero attached hydrogens (tertiary/aromatic N) is 4. The zero-order valence-corrected chi connectivity index (χ0v) is 9.80. The number of carboxylic acid groups (broad SMARTS) is 1. The second-order valence-electron chi connectivity index (χ2n) is 3.77. The molecule has 6 nitrogen and oxygen atoms in total. The molecule has 17 heavy (non-hydrogen) atoms. The molecule has 0 saturated carbocycles. The number of aromatic carboxylic acids is 1. The van der Waals surface area contributed by atoms with Crippen molar-refractivity contribution in [1.29, 1.82) is 0 Å². The predicted molar refractivity (Wildman–Crippen MR) is 60.7 cm³/mol. The molecule has 0 atom stereocenters. The molecule has 0 aromatic carbocycles. The predicted octanol–water partition coefficient (Wildman–Crippen LogP) is 1.19. The van der Waals surface area contributed by atoms with Crippen LogP contribution in [0.15, 0.2) is 12.5 Å². The van der Waals surface area contributed by atoms with Gasteiger partial charge in [-0.15, -0.1) is 0 Å². The van der Waals surface area contributed by atoms with Crippen molar-refractivity contribution in [1.82, 2.24) is 19.7 Å². The maximum absolute atomic E-state index is 11.2. The number of hydrogen-bond donors (Lipinski definition) is 1. The van der Waals surface area contributed by atoms with Gasteiger partial charge >= 0.3 is 5.97 Å². The molecule has 0 amide bonds. The summed E-state index contributed by atoms with van der Waals surface area (Å²) in [6.07, 6.45) is 2.94. The molecular formula is C11H12N4O2. The number of carbonyl (C=O) groups is 1. The van der Waals surface area contributed by atoms with Crippen LogP contribution in [0.5, 0.6) is 0 Å². The van der Waals surface area contributed by atoms with Crippen LogP contribution in [0.3, 0.4) is 0 Å². The van der Waals surface area contributed by atoms with Crippen LogP contribution in [-0.2, 0) is 7.05 Å². The Morgan fingerprint density at radius 3 is 2.71 bits per heavy atom. The Morgan fingerprint density at radius 2 is 2.06 bits per heavy atom. The molecule has 0 aliphatic carbocycles. The van der Waals surface area contributed by atoms with Gasteiger partial charge in [0.1, 0.15) is 6.33 Å². The fourth-order valence-electron chi connectivity index (χ4n) is 1.67. The van der Waals surface area contributed by atoms with Gasteiger partial charge in [-0.3, -0.25) is 4.68 Å². The van der Waals surface area contributed by atoms with Gasteiger partial charge in [0.15, 0.2) is 5.69 Å². The summed E-state index contributed by atoms with van der Waals surface area (Å²) in [6, 6.07) is 0. The highest BCUT2D eigenvalue weighted by Crippen LogP contribution is 2.25. The Balaban J connectivity index is 2.69. The molecule has 2 aromatic heterocycles. The fourth-order valence-corrected chi connectivity index (χ4v) is 1.67. The monoisotopic (exact) mass is 232 g/mol. The average Bonchev–Trinajstić information content (AvgIpc) is 2.64. The summed E-state index contributed by atoms with van der Waals surface area (Å²) in [5, 5.41) is 13.1. The molecule has 0 aliphatic heterocycles. The first-order valence-corrected chi connectivity index (χ1v) is 5.06. The number of aryl methyl sites for hydroxylation is 2. The van der Waals surface area contributed by atoms with Crippen molar-refractivity contribution in [3.63, 3.8) is 0 Å². The van der Waals surface area contributed by atoms with Crippen molar-refractivity contribution in [3.05, 3.63) is 29.5 Å². The molecule has 0 bridgehead atoms. The van der Waals surface area contributed by atoms with Gasteiger partial charge in [0.2, 0.25) is 0 Å². The lowest BCUT2D eigenvalue weighted by Gasteiger charge is -2.06. The van der Waals surface area contributed by atoms with E-state index in [0.29, 0.717) is 11.3 Å². The van der Waals surface area contributed by atoms with Crippen molar-refractivity contribution < 1.29 is 9.90 Å². The first-order chi connectivity index (χ1) is 8.02. The summed E-state index contributed by atoms with van der Waals surface area (Å²) in [7, 11) is 1.59. The molecule has 2 aromatic rings. The van der Waals surface area contributed by atoms with E-state index >= 15 is 0 Å². The first-order valence-electron chi connectivity index (χ1n) is 5.06. The van der Waals surface area contributed by atoms with Gasteiger partial charge in [-0.2, -0.15) is 5.10 Å². The van der Waals surface area contributed by atoms with E-state index in [2.05, 4.69) is 15.1 Å². The second kappa shape index (κ2) is 3.97. The van der Waals surface area contributed by atoms with Crippen LogP contribution in [0.1, 0.15) is 21.7 Å². The highest BCUT2D eigenvalue weighted by atomic mass is 16.4. The Bertz CT molecular complexity index is 589. The molecule has 0 saturated heterocycles. The summed E-state index contributed by atoms with van der Waals surface area (Å²) in [5.74, 6) is -1.02. The van der Waals surface area contributed by atoms with Crippen LogP contribution < -0.4 is 0 Å². The van der Waals surface area contributed by atoms with E-state index < -0.39 is 5.97 Å². The molecule has 0 unspecified atom stereocenters. The molecule has 88 valence electrons. The van der Waals surface area contributed by atoms with E-state index in [9.17, 15) is 4.79 Å². The van der Waals surface area contributed by atoms with Crippen molar-refractivity contribution in [2.24, 2.45) is 7.05 Å². The lowest BCUT2D eigenvalue weighted by atomic mass is 10.1. The fraction of sp³-hybridized carbons (Fsp3) is 0.273. The molecule has 6 heteroatoms. The van der Waals surface area contributed by atoms with E-state index in [1.165, 1.54) is 17.2 Å². The van der Waals surface area contributed by atoms with E-state index in [-0.39, 0.29) is 5.69 Å².